The van der Waals surface area contributed by atoms with Gasteiger partial charge in [0.2, 0.25) is 7.14 Å². The fourth-order valence-electron chi connectivity index (χ4n) is 1.71. The maximum absolute atomic E-state index is 6.22. The molecule has 3 rings (SSSR count). The summed E-state index contributed by atoms with van der Waals surface area (Å²) < 4.78 is 4.04. The van der Waals surface area contributed by atoms with Gasteiger partial charge in [-0.2, -0.15) is 0 Å². The van der Waals surface area contributed by atoms with Crippen molar-refractivity contribution in [1.82, 2.24) is 0 Å². The van der Waals surface area contributed by atoms with Gasteiger partial charge in [-0.3, -0.25) is 0 Å². The molecule has 0 aliphatic carbocycles. The van der Waals surface area contributed by atoms with Gasteiger partial charge in [-0.15, -0.1) is 0 Å². The van der Waals surface area contributed by atoms with Gasteiger partial charge in [0.15, 0.2) is 0 Å². The lowest BCUT2D eigenvalue weighted by molar-refractivity contribution is -0.590. The molecule has 15 heavy (non-hydrogen) atoms. The summed E-state index contributed by atoms with van der Waals surface area (Å²) in [5, 5.41) is 0.920. The molecule has 1 aliphatic heterocycles. The molecule has 2 aromatic carbocycles. The molecule has 0 bridgehead atoms. The van der Waals surface area contributed by atoms with Crippen LogP contribution in [0.1, 0.15) is 0 Å². The summed E-state index contributed by atoms with van der Waals surface area (Å²) in [5.41, 5.74) is 2.68. The molecule has 1 heterocycles. The van der Waals surface area contributed by atoms with E-state index in [1.54, 1.807) is 0 Å². The summed E-state index contributed by atoms with van der Waals surface area (Å²) in [4.78, 5) is 0. The quantitative estimate of drug-likeness (QED) is 0.505. The molecule has 2 aromatic rings. The summed E-state index contributed by atoms with van der Waals surface area (Å²) in [6.45, 7) is 0. The van der Waals surface area contributed by atoms with Crippen LogP contribution in [0.2, 0.25) is 5.02 Å². The van der Waals surface area contributed by atoms with Gasteiger partial charge in [-0.05, 0) is 40.2 Å². The fraction of sp³-hybridized carbons (Fsp3) is 0. The lowest BCUT2D eigenvalue weighted by Gasteiger charge is -1.95. The van der Waals surface area contributed by atoms with Crippen LogP contribution in [-0.2, 0) is 0 Å². The maximum Gasteiger partial charge on any atom is 0.362 e. The Morgan fingerprint density at radius 2 is 1.60 bits per heavy atom. The first kappa shape index (κ1) is 10.1. The topological polar surface area (TPSA) is 0 Å². The lowest BCUT2D eigenvalue weighted by Crippen LogP contribution is -3.61. The van der Waals surface area contributed by atoms with Crippen molar-refractivity contribution in [1.29, 1.82) is 0 Å². The molecule has 1 aliphatic rings. The normalized spacial score (nSPS) is 12.4. The highest BCUT2D eigenvalue weighted by molar-refractivity contribution is 9.10. The van der Waals surface area contributed by atoms with Gasteiger partial charge >= 0.3 is 21.2 Å². The van der Waals surface area contributed by atoms with Crippen LogP contribution >= 0.6 is 27.5 Å². The Kier molecular flexibility index (Phi) is 2.53. The van der Waals surface area contributed by atoms with Crippen LogP contribution in [-0.4, -0.2) is 0 Å². The van der Waals surface area contributed by atoms with E-state index in [4.69, 9.17) is 11.6 Å². The van der Waals surface area contributed by atoms with Crippen LogP contribution in [0, 0.1) is 7.14 Å². The monoisotopic (exact) mass is 391 g/mol. The van der Waals surface area contributed by atoms with E-state index >= 15 is 0 Å². The zero-order chi connectivity index (χ0) is 10.4. The van der Waals surface area contributed by atoms with E-state index in [2.05, 4.69) is 40.2 Å². The van der Waals surface area contributed by atoms with Gasteiger partial charge in [0.1, 0.15) is 0 Å². The number of halogens is 3. The van der Waals surface area contributed by atoms with Gasteiger partial charge in [0.05, 0.1) is 9.50 Å². The molecule has 0 fully saturated rings. The smallest absolute Gasteiger partial charge is 0.0793 e. The average Bonchev–Trinajstić information content (AvgIpc) is 2.60. The molecule has 0 nitrogen and oxygen atoms in total. The third kappa shape index (κ3) is 1.54. The third-order valence-electron chi connectivity index (χ3n) is 2.38. The van der Waals surface area contributed by atoms with Crippen LogP contribution in [0.3, 0.4) is 0 Å². The predicted molar refractivity (Wildman–Crippen MR) is 62.0 cm³/mol. The molecular weight excluding hydrogens is 386 g/mol. The first-order valence-electron chi connectivity index (χ1n) is 4.49. The Hall–Kier alpha value is -0.0600. The summed E-state index contributed by atoms with van der Waals surface area (Å²) in [7, 11) is 0. The Morgan fingerprint density at radius 1 is 0.933 bits per heavy atom. The fourth-order valence-corrected chi connectivity index (χ4v) is 5.93. The predicted octanol–water partition coefficient (Wildman–Crippen LogP) is 1.21. The minimum absolute atomic E-state index is 0.119. The SMILES string of the molecule is Clc1cccc2c1[I+]c1c(Br)cccc1-2. The molecule has 0 amide bonds. The van der Waals surface area contributed by atoms with E-state index in [9.17, 15) is 0 Å². The van der Waals surface area contributed by atoms with Crippen LogP contribution < -0.4 is 21.2 Å². The van der Waals surface area contributed by atoms with Gasteiger partial charge in [0, 0.05) is 11.1 Å². The second-order valence-electron chi connectivity index (χ2n) is 3.30. The summed E-state index contributed by atoms with van der Waals surface area (Å²) in [6.07, 6.45) is 0. The molecular formula is C12H6BrClI+. The van der Waals surface area contributed by atoms with Gasteiger partial charge in [0.25, 0.3) is 0 Å². The highest BCUT2D eigenvalue weighted by atomic mass is 127. The molecule has 3 heteroatoms. The first-order chi connectivity index (χ1) is 7.27. The molecule has 0 radical (unpaired) electrons. The number of rotatable bonds is 0. The third-order valence-corrected chi connectivity index (χ3v) is 7.82. The highest BCUT2D eigenvalue weighted by Gasteiger charge is 2.37. The molecule has 0 saturated carbocycles. The molecule has 0 atom stereocenters. The first-order valence-corrected chi connectivity index (χ1v) is 7.82. The van der Waals surface area contributed by atoms with Crippen molar-refractivity contribution in [3.63, 3.8) is 0 Å². The van der Waals surface area contributed by atoms with E-state index in [0.717, 1.165) is 5.02 Å². The molecule has 0 unspecified atom stereocenters. The minimum atomic E-state index is -0.119. The highest BCUT2D eigenvalue weighted by Crippen LogP contribution is 2.28. The van der Waals surface area contributed by atoms with Gasteiger partial charge < -0.3 is 0 Å². The molecule has 0 aromatic heterocycles. The molecule has 0 saturated heterocycles. The molecule has 0 N–H and O–H groups in total. The van der Waals surface area contributed by atoms with E-state index in [1.165, 1.54) is 22.7 Å². The number of fused-ring (bicyclic) bond motifs is 3. The standard InChI is InChI=1S/C12H6BrClI/c13-9-5-1-3-7-8-4-2-6-10(14)12(8)15-11(7)9/h1-6H/q+1. The number of hydrogen-bond acceptors (Lipinski definition) is 0. The van der Waals surface area contributed by atoms with Gasteiger partial charge in [-0.1, -0.05) is 23.7 Å². The largest absolute Gasteiger partial charge is 0.362 e. The Bertz CT molecular complexity index is 502. The molecule has 74 valence electrons. The van der Waals surface area contributed by atoms with Crippen molar-refractivity contribution in [2.45, 2.75) is 0 Å². The zero-order valence-electron chi connectivity index (χ0n) is 7.60. The minimum Gasteiger partial charge on any atom is -0.0793 e. The van der Waals surface area contributed by atoms with Crippen LogP contribution in [0.5, 0.6) is 0 Å². The average molecular weight is 392 g/mol. The second-order valence-corrected chi connectivity index (χ2v) is 7.26. The Balaban J connectivity index is 2.33. The van der Waals surface area contributed by atoms with Crippen molar-refractivity contribution in [2.75, 3.05) is 0 Å². The van der Waals surface area contributed by atoms with E-state index in [-0.39, 0.29) is 21.2 Å². The van der Waals surface area contributed by atoms with Crippen molar-refractivity contribution in [2.24, 2.45) is 0 Å². The van der Waals surface area contributed by atoms with Crippen LogP contribution in [0.4, 0.5) is 0 Å². The van der Waals surface area contributed by atoms with Crippen molar-refractivity contribution >= 4 is 27.5 Å². The van der Waals surface area contributed by atoms with Crippen LogP contribution in [0.15, 0.2) is 40.9 Å². The maximum atomic E-state index is 6.22. The summed E-state index contributed by atoms with van der Waals surface area (Å²) >= 11 is 9.72. The van der Waals surface area contributed by atoms with Gasteiger partial charge in [-0.25, -0.2) is 0 Å². The second kappa shape index (κ2) is 3.75. The summed E-state index contributed by atoms with van der Waals surface area (Å²) in [5.74, 6) is 0. The van der Waals surface area contributed by atoms with Crippen LogP contribution in [0.25, 0.3) is 11.1 Å². The van der Waals surface area contributed by atoms with Crippen molar-refractivity contribution in [3.05, 3.63) is 53.0 Å². The Morgan fingerprint density at radius 3 is 2.40 bits per heavy atom. The molecule has 0 spiro atoms. The number of hydrogen-bond donors (Lipinski definition) is 0. The summed E-state index contributed by atoms with van der Waals surface area (Å²) in [6, 6.07) is 12.6. The number of benzene rings is 2. The van der Waals surface area contributed by atoms with Crippen molar-refractivity contribution in [3.8, 4) is 11.1 Å². The lowest BCUT2D eigenvalue weighted by atomic mass is 10.1. The van der Waals surface area contributed by atoms with E-state index < -0.39 is 0 Å². The van der Waals surface area contributed by atoms with E-state index in [1.807, 2.05) is 12.1 Å². The Labute approximate surface area is 112 Å². The van der Waals surface area contributed by atoms with E-state index in [0.29, 0.717) is 0 Å². The van der Waals surface area contributed by atoms with Crippen molar-refractivity contribution < 1.29 is 21.2 Å². The zero-order valence-corrected chi connectivity index (χ0v) is 12.1.